The maximum absolute atomic E-state index is 6.14. The van der Waals surface area contributed by atoms with E-state index >= 15 is 0 Å². The quantitative estimate of drug-likeness (QED) is 0.595. The third-order valence-electron chi connectivity index (χ3n) is 3.49. The maximum Gasteiger partial charge on any atom is 0.229 e. The standard InChI is InChI=1S/C18H16Cl2N4O2/c1-25-15-5-3-11(9-13(15)19)22-17-7-8-21-18(24-17)23-12-4-6-16(26-2)14(20)10-12/h3-10H,1-2H3,(H2,21,22,23,24). The van der Waals surface area contributed by atoms with Gasteiger partial charge in [-0.25, -0.2) is 4.98 Å². The lowest BCUT2D eigenvalue weighted by molar-refractivity contribution is 0.415. The Bertz CT molecular complexity index is 851. The van der Waals surface area contributed by atoms with Gasteiger partial charge >= 0.3 is 0 Å². The number of hydrogen-bond acceptors (Lipinski definition) is 6. The molecule has 0 bridgehead atoms. The molecule has 3 aromatic rings. The highest BCUT2D eigenvalue weighted by Gasteiger charge is 2.06. The van der Waals surface area contributed by atoms with Crippen LogP contribution in [0.2, 0.25) is 10.0 Å². The number of nitrogens with zero attached hydrogens (tertiary/aromatic N) is 2. The summed E-state index contributed by atoms with van der Waals surface area (Å²) < 4.78 is 10.3. The minimum Gasteiger partial charge on any atom is -0.495 e. The van der Waals surface area contributed by atoms with Crippen LogP contribution in [0.3, 0.4) is 0 Å². The van der Waals surface area contributed by atoms with Crippen molar-refractivity contribution in [2.75, 3.05) is 24.9 Å². The van der Waals surface area contributed by atoms with Crippen LogP contribution < -0.4 is 20.1 Å². The van der Waals surface area contributed by atoms with Crippen molar-refractivity contribution in [2.45, 2.75) is 0 Å². The molecule has 0 spiro atoms. The number of nitrogens with one attached hydrogen (secondary N) is 2. The van der Waals surface area contributed by atoms with Gasteiger partial charge in [-0.1, -0.05) is 23.2 Å². The summed E-state index contributed by atoms with van der Waals surface area (Å²) >= 11 is 12.3. The molecular formula is C18H16Cl2N4O2. The third-order valence-corrected chi connectivity index (χ3v) is 4.08. The monoisotopic (exact) mass is 390 g/mol. The minimum absolute atomic E-state index is 0.427. The largest absolute Gasteiger partial charge is 0.495 e. The van der Waals surface area contributed by atoms with E-state index < -0.39 is 0 Å². The van der Waals surface area contributed by atoms with Gasteiger partial charge in [-0.15, -0.1) is 0 Å². The second kappa shape index (κ2) is 8.12. The summed E-state index contributed by atoms with van der Waals surface area (Å²) in [6.07, 6.45) is 1.65. The highest BCUT2D eigenvalue weighted by Crippen LogP contribution is 2.30. The molecule has 0 saturated carbocycles. The lowest BCUT2D eigenvalue weighted by Gasteiger charge is -2.10. The molecule has 0 saturated heterocycles. The summed E-state index contributed by atoms with van der Waals surface area (Å²) in [5, 5.41) is 7.29. The van der Waals surface area contributed by atoms with E-state index in [9.17, 15) is 0 Å². The molecule has 6 nitrogen and oxygen atoms in total. The van der Waals surface area contributed by atoms with Crippen LogP contribution in [0, 0.1) is 0 Å². The number of benzene rings is 2. The molecule has 0 unspecified atom stereocenters. The van der Waals surface area contributed by atoms with Crippen LogP contribution in [0.5, 0.6) is 11.5 Å². The van der Waals surface area contributed by atoms with Crippen LogP contribution in [0.15, 0.2) is 48.7 Å². The van der Waals surface area contributed by atoms with Gasteiger partial charge in [0.2, 0.25) is 5.95 Å². The average molecular weight is 391 g/mol. The lowest BCUT2D eigenvalue weighted by atomic mass is 10.3. The summed E-state index contributed by atoms with van der Waals surface area (Å²) in [5.41, 5.74) is 1.54. The molecule has 0 aliphatic rings. The van der Waals surface area contributed by atoms with Crippen molar-refractivity contribution in [3.63, 3.8) is 0 Å². The predicted octanol–water partition coefficient (Wildman–Crippen LogP) is 5.29. The fourth-order valence-electron chi connectivity index (χ4n) is 2.25. The van der Waals surface area contributed by atoms with Crippen LogP contribution in [-0.4, -0.2) is 24.2 Å². The molecule has 134 valence electrons. The average Bonchev–Trinajstić information content (AvgIpc) is 2.62. The van der Waals surface area contributed by atoms with Crippen molar-refractivity contribution >= 4 is 46.3 Å². The van der Waals surface area contributed by atoms with Gasteiger partial charge in [0.05, 0.1) is 24.3 Å². The first-order valence-corrected chi connectivity index (χ1v) is 8.39. The van der Waals surface area contributed by atoms with E-state index in [1.165, 1.54) is 0 Å². The van der Waals surface area contributed by atoms with Gasteiger partial charge < -0.3 is 20.1 Å². The summed E-state index contributed by atoms with van der Waals surface area (Å²) in [6.45, 7) is 0. The number of halogens is 2. The Labute approximate surface area is 161 Å². The third kappa shape index (κ3) is 4.28. The van der Waals surface area contributed by atoms with E-state index in [4.69, 9.17) is 32.7 Å². The number of aromatic nitrogens is 2. The maximum atomic E-state index is 6.14. The second-order valence-corrected chi connectivity index (χ2v) is 6.03. The lowest BCUT2D eigenvalue weighted by Crippen LogP contribution is -2.00. The second-order valence-electron chi connectivity index (χ2n) is 5.21. The number of anilines is 4. The molecule has 2 aromatic carbocycles. The normalized spacial score (nSPS) is 10.3. The van der Waals surface area contributed by atoms with Gasteiger partial charge in [0, 0.05) is 17.6 Å². The van der Waals surface area contributed by atoms with Gasteiger partial charge in [-0.3, -0.25) is 0 Å². The Kier molecular flexibility index (Phi) is 5.65. The first-order chi connectivity index (χ1) is 12.6. The highest BCUT2D eigenvalue weighted by molar-refractivity contribution is 6.32. The van der Waals surface area contributed by atoms with Gasteiger partial charge in [-0.2, -0.15) is 4.98 Å². The molecule has 0 amide bonds. The minimum atomic E-state index is 0.427. The molecule has 0 fully saturated rings. The van der Waals surface area contributed by atoms with E-state index in [1.54, 1.807) is 50.7 Å². The molecule has 2 N–H and O–H groups in total. The van der Waals surface area contributed by atoms with Crippen molar-refractivity contribution in [2.24, 2.45) is 0 Å². The first-order valence-electron chi connectivity index (χ1n) is 7.63. The molecule has 1 aromatic heterocycles. The number of methoxy groups -OCH3 is 2. The number of rotatable bonds is 6. The van der Waals surface area contributed by atoms with Crippen LogP contribution >= 0.6 is 23.2 Å². The van der Waals surface area contributed by atoms with Crippen molar-refractivity contribution in [1.82, 2.24) is 9.97 Å². The summed E-state index contributed by atoms with van der Waals surface area (Å²) in [5.74, 6) is 2.25. The van der Waals surface area contributed by atoms with E-state index in [2.05, 4.69) is 20.6 Å². The van der Waals surface area contributed by atoms with Crippen LogP contribution in [-0.2, 0) is 0 Å². The van der Waals surface area contributed by atoms with E-state index in [0.717, 1.165) is 11.4 Å². The Morgan fingerprint density at radius 3 is 1.92 bits per heavy atom. The van der Waals surface area contributed by atoms with Crippen molar-refractivity contribution in [3.8, 4) is 11.5 Å². The fraction of sp³-hybridized carbons (Fsp3) is 0.111. The van der Waals surface area contributed by atoms with Gasteiger partial charge in [0.25, 0.3) is 0 Å². The fourth-order valence-corrected chi connectivity index (χ4v) is 2.77. The zero-order valence-electron chi connectivity index (χ0n) is 14.1. The van der Waals surface area contributed by atoms with Crippen LogP contribution in [0.4, 0.5) is 23.1 Å². The summed E-state index contributed by atoms with van der Waals surface area (Å²) in [7, 11) is 3.14. The van der Waals surface area contributed by atoms with E-state index in [-0.39, 0.29) is 0 Å². The van der Waals surface area contributed by atoms with Crippen molar-refractivity contribution < 1.29 is 9.47 Å². The Hall–Kier alpha value is -2.70. The summed E-state index contributed by atoms with van der Waals surface area (Å²) in [4.78, 5) is 8.64. The summed E-state index contributed by atoms with van der Waals surface area (Å²) in [6, 6.07) is 12.5. The Balaban J connectivity index is 1.76. The predicted molar refractivity (Wildman–Crippen MR) is 105 cm³/mol. The first kappa shape index (κ1) is 18.1. The smallest absolute Gasteiger partial charge is 0.229 e. The number of hydrogen-bond donors (Lipinski definition) is 2. The molecule has 0 aliphatic carbocycles. The van der Waals surface area contributed by atoms with Crippen molar-refractivity contribution in [1.29, 1.82) is 0 Å². The van der Waals surface area contributed by atoms with Crippen LogP contribution in [0.1, 0.15) is 0 Å². The molecule has 8 heteroatoms. The molecule has 1 heterocycles. The topological polar surface area (TPSA) is 68.3 Å². The van der Waals surface area contributed by atoms with Gasteiger partial charge in [0.15, 0.2) is 0 Å². The molecule has 0 atom stereocenters. The zero-order valence-corrected chi connectivity index (χ0v) is 15.6. The SMILES string of the molecule is COc1ccc(Nc2ccnc(Nc3ccc(OC)c(Cl)c3)n2)cc1Cl. The zero-order chi connectivity index (χ0) is 18.5. The molecule has 3 rings (SSSR count). The number of ether oxygens (including phenoxy) is 2. The van der Waals surface area contributed by atoms with Gasteiger partial charge in [-0.05, 0) is 42.5 Å². The van der Waals surface area contributed by atoms with Gasteiger partial charge in [0.1, 0.15) is 17.3 Å². The molecular weight excluding hydrogens is 375 g/mol. The Morgan fingerprint density at radius 2 is 1.38 bits per heavy atom. The van der Waals surface area contributed by atoms with E-state index in [0.29, 0.717) is 33.3 Å². The Morgan fingerprint density at radius 1 is 0.808 bits per heavy atom. The highest BCUT2D eigenvalue weighted by atomic mass is 35.5. The van der Waals surface area contributed by atoms with E-state index in [1.807, 2.05) is 12.1 Å². The van der Waals surface area contributed by atoms with Crippen LogP contribution in [0.25, 0.3) is 0 Å². The molecule has 0 aliphatic heterocycles. The van der Waals surface area contributed by atoms with Crippen molar-refractivity contribution in [3.05, 3.63) is 58.7 Å². The molecule has 26 heavy (non-hydrogen) atoms. The molecule has 0 radical (unpaired) electrons.